The minimum Gasteiger partial charge on any atom is -0.462 e. The second kappa shape index (κ2) is 10.2. The van der Waals surface area contributed by atoms with E-state index in [-0.39, 0.29) is 41.2 Å². The van der Waals surface area contributed by atoms with E-state index in [1.807, 2.05) is 0 Å². The van der Waals surface area contributed by atoms with E-state index in [0.29, 0.717) is 16.8 Å². The first-order valence-electron chi connectivity index (χ1n) is 11.5. The smallest absolute Gasteiger partial charge is 0.340 e. The summed E-state index contributed by atoms with van der Waals surface area (Å²) in [7, 11) is 0. The lowest BCUT2D eigenvalue weighted by molar-refractivity contribution is -0.142. The number of benzene rings is 3. The van der Waals surface area contributed by atoms with Crippen LogP contribution in [-0.2, 0) is 14.3 Å². The van der Waals surface area contributed by atoms with E-state index in [0.717, 1.165) is 17.0 Å². The Kier molecular flexibility index (Phi) is 6.67. The number of hydrogen-bond donors (Lipinski definition) is 1. The van der Waals surface area contributed by atoms with Gasteiger partial charge in [-0.15, -0.1) is 0 Å². The van der Waals surface area contributed by atoms with Crippen LogP contribution in [0.1, 0.15) is 38.0 Å². The summed E-state index contributed by atoms with van der Waals surface area (Å²) in [6.07, 6.45) is 1.45. The van der Waals surface area contributed by atoms with Crippen molar-refractivity contribution in [2.45, 2.75) is 6.92 Å². The zero-order valence-corrected chi connectivity index (χ0v) is 20.2. The van der Waals surface area contributed by atoms with Crippen LogP contribution in [0.5, 0.6) is 0 Å². The predicted octanol–water partition coefficient (Wildman–Crippen LogP) is 3.94. The molecule has 0 aliphatic carbocycles. The molecule has 0 fully saturated rings. The van der Waals surface area contributed by atoms with Gasteiger partial charge in [-0.05, 0) is 47.5 Å². The molecule has 0 saturated heterocycles. The number of halogens is 2. The van der Waals surface area contributed by atoms with Crippen molar-refractivity contribution in [3.8, 4) is 22.4 Å². The number of aromatic amines is 1. The number of carbonyl (C=O) groups excluding carboxylic acids is 4. The minimum atomic E-state index is -1.09. The van der Waals surface area contributed by atoms with E-state index < -0.39 is 35.4 Å². The van der Waals surface area contributed by atoms with Gasteiger partial charge in [-0.2, -0.15) is 15.4 Å². The van der Waals surface area contributed by atoms with Gasteiger partial charge < -0.3 is 9.47 Å². The van der Waals surface area contributed by atoms with Crippen LogP contribution < -0.4 is 4.90 Å². The predicted molar refractivity (Wildman–Crippen MR) is 132 cm³/mol. The third-order valence-electron chi connectivity index (χ3n) is 5.93. The summed E-state index contributed by atoms with van der Waals surface area (Å²) < 4.78 is 37.4. The van der Waals surface area contributed by atoms with Gasteiger partial charge in [-0.3, -0.25) is 14.4 Å². The Bertz CT molecular complexity index is 1640. The Balaban J connectivity index is 1.55. The van der Waals surface area contributed by atoms with Gasteiger partial charge in [0.1, 0.15) is 18.9 Å². The fourth-order valence-electron chi connectivity index (χ4n) is 4.10. The Morgan fingerprint density at radius 1 is 0.846 bits per heavy atom. The Hall–Kier alpha value is -5.26. The number of amides is 2. The van der Waals surface area contributed by atoms with Gasteiger partial charge in [0.2, 0.25) is 0 Å². The van der Waals surface area contributed by atoms with Crippen LogP contribution >= 0.6 is 0 Å². The van der Waals surface area contributed by atoms with Crippen LogP contribution in [0.2, 0.25) is 0 Å². The van der Waals surface area contributed by atoms with Gasteiger partial charge in [0.05, 0.1) is 28.6 Å². The highest BCUT2D eigenvalue weighted by Gasteiger charge is 2.39. The Morgan fingerprint density at radius 2 is 1.54 bits per heavy atom. The van der Waals surface area contributed by atoms with Gasteiger partial charge in [-0.1, -0.05) is 18.2 Å². The molecule has 0 spiro atoms. The molecule has 0 saturated carbocycles. The number of aromatic nitrogens is 3. The number of nitrogens with zero attached hydrogens (tertiary/aromatic N) is 3. The van der Waals surface area contributed by atoms with Crippen molar-refractivity contribution in [2.75, 3.05) is 18.1 Å². The third kappa shape index (κ3) is 4.87. The number of H-pyrrole nitrogens is 1. The number of carbonyl (C=O) groups is 4. The molecule has 2 amide bonds. The molecule has 0 unspecified atom stereocenters. The van der Waals surface area contributed by atoms with Crippen molar-refractivity contribution in [1.29, 1.82) is 0 Å². The summed E-state index contributed by atoms with van der Waals surface area (Å²) in [6.45, 7) is 0.736. The molecule has 1 aliphatic heterocycles. The zero-order chi connectivity index (χ0) is 27.7. The van der Waals surface area contributed by atoms with Crippen molar-refractivity contribution >= 4 is 29.4 Å². The topological polar surface area (TPSA) is 132 Å². The number of rotatable bonds is 7. The lowest BCUT2D eigenvalue weighted by Crippen LogP contribution is -2.31. The normalized spacial score (nSPS) is 12.4. The summed E-state index contributed by atoms with van der Waals surface area (Å²) in [5, 5.41) is 10.2. The molecule has 4 aromatic rings. The quantitative estimate of drug-likeness (QED) is 0.215. The van der Waals surface area contributed by atoms with Crippen LogP contribution in [0.25, 0.3) is 22.4 Å². The van der Waals surface area contributed by atoms with Gasteiger partial charge in [0.15, 0.2) is 11.6 Å². The Morgan fingerprint density at radius 3 is 2.26 bits per heavy atom. The summed E-state index contributed by atoms with van der Waals surface area (Å²) in [6, 6.07) is 11.9. The van der Waals surface area contributed by atoms with E-state index >= 15 is 0 Å². The van der Waals surface area contributed by atoms with Gasteiger partial charge in [0, 0.05) is 12.5 Å². The maximum Gasteiger partial charge on any atom is 0.340 e. The first kappa shape index (κ1) is 25.4. The van der Waals surface area contributed by atoms with E-state index in [1.54, 1.807) is 6.07 Å². The lowest BCUT2D eigenvalue weighted by atomic mass is 10.0. The highest BCUT2D eigenvalue weighted by Crippen LogP contribution is 2.36. The first-order chi connectivity index (χ1) is 18.7. The van der Waals surface area contributed by atoms with Crippen LogP contribution in [0.3, 0.4) is 0 Å². The van der Waals surface area contributed by atoms with E-state index in [1.165, 1.54) is 49.5 Å². The molecule has 1 aromatic heterocycles. The summed E-state index contributed by atoms with van der Waals surface area (Å²) in [5.74, 6) is -5.00. The van der Waals surface area contributed by atoms with Crippen molar-refractivity contribution in [1.82, 2.24) is 15.4 Å². The van der Waals surface area contributed by atoms with Gasteiger partial charge >= 0.3 is 11.9 Å². The average Bonchev–Trinajstić information content (AvgIpc) is 3.54. The summed E-state index contributed by atoms with van der Waals surface area (Å²) in [4.78, 5) is 51.7. The molecule has 0 bridgehead atoms. The largest absolute Gasteiger partial charge is 0.462 e. The highest BCUT2D eigenvalue weighted by atomic mass is 19.2. The van der Waals surface area contributed by atoms with Crippen molar-refractivity contribution < 1.29 is 37.4 Å². The molecule has 2 heterocycles. The number of fused-ring (bicyclic) bond motifs is 1. The molecule has 196 valence electrons. The minimum absolute atomic E-state index is 0.0768. The molecular formula is C27H18F2N4O6. The van der Waals surface area contributed by atoms with E-state index in [2.05, 4.69) is 15.4 Å². The molecule has 1 aliphatic rings. The molecule has 3 aromatic carbocycles. The first-order valence-corrected chi connectivity index (χ1v) is 11.5. The maximum absolute atomic E-state index is 13.9. The summed E-state index contributed by atoms with van der Waals surface area (Å²) in [5.41, 5.74) is 1.45. The average molecular weight is 532 g/mol. The Labute approximate surface area is 219 Å². The highest BCUT2D eigenvalue weighted by molar-refractivity contribution is 6.35. The number of imide groups is 1. The van der Waals surface area contributed by atoms with Crippen LogP contribution in [-0.4, -0.2) is 52.4 Å². The fraction of sp³-hybridized carbons (Fsp3) is 0.111. The second-order valence-electron chi connectivity index (χ2n) is 8.40. The molecule has 5 rings (SSSR count). The molecule has 0 radical (unpaired) electrons. The van der Waals surface area contributed by atoms with Gasteiger partial charge in [-0.25, -0.2) is 18.5 Å². The van der Waals surface area contributed by atoms with E-state index in [9.17, 15) is 28.0 Å². The molecular weight excluding hydrogens is 514 g/mol. The van der Waals surface area contributed by atoms with Crippen LogP contribution in [0, 0.1) is 11.6 Å². The molecule has 1 N–H and O–H groups in total. The van der Waals surface area contributed by atoms with E-state index in [4.69, 9.17) is 9.47 Å². The monoisotopic (exact) mass is 532 g/mol. The number of anilines is 1. The molecule has 39 heavy (non-hydrogen) atoms. The fourth-order valence-corrected chi connectivity index (χ4v) is 4.10. The standard InChI is InChI=1S/C27H18F2N4O6/c1-14(34)38-8-9-39-27(37)19-6-2-16(15-4-7-21(28)22(29)11-15)12-24(19)33-25(35)18-5-3-17(10-20(18)26(33)36)23-13-30-32-31-23/h2-7,10-13H,8-9H2,1H3,(H,30,31,32). The number of esters is 2. The second-order valence-corrected chi connectivity index (χ2v) is 8.40. The lowest BCUT2D eigenvalue weighted by Gasteiger charge is -2.19. The maximum atomic E-state index is 13.9. The SMILES string of the molecule is CC(=O)OCCOC(=O)c1ccc(-c2ccc(F)c(F)c2)cc1N1C(=O)c2ccc(-c3cn[nH]n3)cc2C1=O. The van der Waals surface area contributed by atoms with Crippen molar-refractivity contribution in [3.63, 3.8) is 0 Å². The van der Waals surface area contributed by atoms with Gasteiger partial charge in [0.25, 0.3) is 11.8 Å². The summed E-state index contributed by atoms with van der Waals surface area (Å²) >= 11 is 0. The molecule has 0 atom stereocenters. The van der Waals surface area contributed by atoms with Crippen LogP contribution in [0.15, 0.2) is 60.8 Å². The number of hydrogen-bond acceptors (Lipinski definition) is 8. The molecule has 12 heteroatoms. The molecule has 10 nitrogen and oxygen atoms in total. The van der Waals surface area contributed by atoms with Crippen molar-refractivity contribution in [3.05, 3.63) is 89.1 Å². The zero-order valence-electron chi connectivity index (χ0n) is 20.2. The van der Waals surface area contributed by atoms with Crippen LogP contribution in [0.4, 0.5) is 14.5 Å². The number of ether oxygens (including phenoxy) is 2. The van der Waals surface area contributed by atoms with Crippen molar-refractivity contribution in [2.24, 2.45) is 0 Å². The number of nitrogens with one attached hydrogen (secondary N) is 1. The third-order valence-corrected chi connectivity index (χ3v) is 5.93.